The van der Waals surface area contributed by atoms with E-state index >= 15 is 0 Å². The van der Waals surface area contributed by atoms with Crippen LogP contribution in [0.15, 0.2) is 229 Å². The number of hydrogen-bond donors (Lipinski definition) is 0. The minimum Gasteiger partial charge on any atom is -0.455 e. The monoisotopic (exact) mass is 739 g/mol. The van der Waals surface area contributed by atoms with Crippen molar-refractivity contribution in [1.82, 2.24) is 0 Å². The Morgan fingerprint density at radius 1 is 0.293 bits per heavy atom. The smallest absolute Gasteiger partial charge is 0.143 e. The van der Waals surface area contributed by atoms with Crippen molar-refractivity contribution in [3.05, 3.63) is 224 Å². The van der Waals surface area contributed by atoms with Crippen LogP contribution in [0.4, 0.5) is 17.1 Å². The molecule has 11 rings (SSSR count). The Morgan fingerprint density at radius 2 is 0.776 bits per heavy atom. The maximum absolute atomic E-state index is 6.62. The molecular formula is C56H37NO. The van der Waals surface area contributed by atoms with E-state index in [-0.39, 0.29) is 0 Å². The van der Waals surface area contributed by atoms with E-state index in [1.54, 1.807) is 0 Å². The molecule has 0 aliphatic rings. The van der Waals surface area contributed by atoms with Gasteiger partial charge in [0.1, 0.15) is 11.2 Å². The lowest BCUT2D eigenvalue weighted by atomic mass is 9.96. The van der Waals surface area contributed by atoms with Gasteiger partial charge in [-0.3, -0.25) is 0 Å². The first kappa shape index (κ1) is 33.6. The highest BCUT2D eigenvalue weighted by atomic mass is 16.3. The molecule has 0 radical (unpaired) electrons. The lowest BCUT2D eigenvalue weighted by Gasteiger charge is -2.29. The van der Waals surface area contributed by atoms with Gasteiger partial charge in [-0.2, -0.15) is 0 Å². The average Bonchev–Trinajstić information content (AvgIpc) is 3.69. The van der Waals surface area contributed by atoms with Crippen LogP contribution in [0.3, 0.4) is 0 Å². The van der Waals surface area contributed by atoms with Crippen LogP contribution in [0.1, 0.15) is 0 Å². The van der Waals surface area contributed by atoms with Crippen molar-refractivity contribution in [3.8, 4) is 44.5 Å². The maximum atomic E-state index is 6.62. The van der Waals surface area contributed by atoms with Gasteiger partial charge in [-0.15, -0.1) is 0 Å². The molecule has 58 heavy (non-hydrogen) atoms. The van der Waals surface area contributed by atoms with Gasteiger partial charge in [-0.25, -0.2) is 0 Å². The molecular weight excluding hydrogens is 703 g/mol. The van der Waals surface area contributed by atoms with Crippen LogP contribution in [-0.2, 0) is 0 Å². The van der Waals surface area contributed by atoms with Crippen molar-refractivity contribution < 1.29 is 4.42 Å². The number of hydrogen-bond acceptors (Lipinski definition) is 2. The lowest BCUT2D eigenvalue weighted by molar-refractivity contribution is 0.670. The van der Waals surface area contributed by atoms with Gasteiger partial charge in [0.05, 0.1) is 11.4 Å². The Balaban J connectivity index is 1.03. The van der Waals surface area contributed by atoms with Crippen LogP contribution in [-0.4, -0.2) is 0 Å². The van der Waals surface area contributed by atoms with Crippen LogP contribution in [0.5, 0.6) is 0 Å². The minimum absolute atomic E-state index is 0.893. The zero-order valence-electron chi connectivity index (χ0n) is 31.7. The third-order valence-electron chi connectivity index (χ3n) is 11.5. The maximum Gasteiger partial charge on any atom is 0.143 e. The van der Waals surface area contributed by atoms with Crippen LogP contribution < -0.4 is 4.90 Å². The summed E-state index contributed by atoms with van der Waals surface area (Å²) in [5.74, 6) is 0. The second kappa shape index (κ2) is 14.1. The van der Waals surface area contributed by atoms with E-state index < -0.39 is 0 Å². The summed E-state index contributed by atoms with van der Waals surface area (Å²) in [4.78, 5) is 2.43. The molecule has 2 nitrogen and oxygen atoms in total. The summed E-state index contributed by atoms with van der Waals surface area (Å²) in [7, 11) is 0. The lowest BCUT2D eigenvalue weighted by Crippen LogP contribution is -2.12. The van der Waals surface area contributed by atoms with Crippen molar-refractivity contribution >= 4 is 60.5 Å². The number of para-hydroxylation sites is 3. The highest BCUT2D eigenvalue weighted by Crippen LogP contribution is 2.47. The van der Waals surface area contributed by atoms with Gasteiger partial charge in [-0.05, 0) is 79.9 Å². The number of anilines is 3. The molecule has 0 saturated carbocycles. The number of nitrogens with zero attached hydrogens (tertiary/aromatic N) is 1. The third kappa shape index (κ3) is 5.82. The molecule has 10 aromatic carbocycles. The Labute approximate surface area is 337 Å². The summed E-state index contributed by atoms with van der Waals surface area (Å²) in [5.41, 5.74) is 14.4. The summed E-state index contributed by atoms with van der Waals surface area (Å²) in [6.07, 6.45) is 0. The average molecular weight is 740 g/mol. The molecule has 0 aliphatic carbocycles. The Bertz CT molecular complexity index is 3250. The highest BCUT2D eigenvalue weighted by molar-refractivity contribution is 6.16. The fourth-order valence-corrected chi connectivity index (χ4v) is 8.63. The fraction of sp³-hybridized carbons (Fsp3) is 0. The van der Waals surface area contributed by atoms with Crippen molar-refractivity contribution in [3.63, 3.8) is 0 Å². The van der Waals surface area contributed by atoms with Gasteiger partial charge in [-0.1, -0.05) is 194 Å². The molecule has 0 amide bonds. The summed E-state index contributed by atoms with van der Waals surface area (Å²) in [6, 6.07) is 80.6. The summed E-state index contributed by atoms with van der Waals surface area (Å²) in [6.45, 7) is 0. The standard InChI is InChI=1S/C56H37NO/c1-2-13-38(14-3-1)39-25-27-40(28-26-39)41-29-31-42(32-30-41)43-33-35-45(36-34-43)57(54-37-44-15-4-5-16-46(44)47-17-6-7-18-48(47)54)53-23-10-8-19-49(53)51-21-12-22-52-50-20-9-11-24-55(50)58-56(51)52/h1-37H. The van der Waals surface area contributed by atoms with Crippen LogP contribution in [0.25, 0.3) is 88.0 Å². The Morgan fingerprint density at radius 3 is 1.47 bits per heavy atom. The van der Waals surface area contributed by atoms with Crippen LogP contribution in [0, 0.1) is 0 Å². The first-order valence-corrected chi connectivity index (χ1v) is 19.8. The van der Waals surface area contributed by atoms with Gasteiger partial charge < -0.3 is 9.32 Å². The van der Waals surface area contributed by atoms with Gasteiger partial charge in [0.15, 0.2) is 0 Å². The summed E-state index contributed by atoms with van der Waals surface area (Å²) >= 11 is 0. The van der Waals surface area contributed by atoms with E-state index in [2.05, 4.69) is 223 Å². The molecule has 0 fully saturated rings. The first-order valence-electron chi connectivity index (χ1n) is 19.8. The molecule has 0 aliphatic heterocycles. The van der Waals surface area contributed by atoms with Gasteiger partial charge >= 0.3 is 0 Å². The molecule has 2 heteroatoms. The van der Waals surface area contributed by atoms with Gasteiger partial charge in [0.25, 0.3) is 0 Å². The molecule has 272 valence electrons. The molecule has 0 bridgehead atoms. The normalized spacial score (nSPS) is 11.4. The Hall–Kier alpha value is -7.68. The second-order valence-corrected chi connectivity index (χ2v) is 14.9. The number of fused-ring (bicyclic) bond motifs is 6. The van der Waals surface area contributed by atoms with Gasteiger partial charge in [0, 0.05) is 33.0 Å². The SMILES string of the molecule is c1ccc(-c2ccc(-c3ccc(-c4ccc(N(c5ccccc5-c5cccc6c5oc5ccccc56)c5cc6ccccc6c6ccccc56)cc4)cc3)cc2)cc1. The van der Waals surface area contributed by atoms with E-state index in [9.17, 15) is 0 Å². The molecule has 11 aromatic rings. The quantitative estimate of drug-likeness (QED) is 0.151. The number of rotatable bonds is 7. The highest BCUT2D eigenvalue weighted by Gasteiger charge is 2.22. The van der Waals surface area contributed by atoms with Crippen molar-refractivity contribution in [2.75, 3.05) is 4.90 Å². The molecule has 1 aromatic heterocycles. The second-order valence-electron chi connectivity index (χ2n) is 14.9. The predicted octanol–water partition coefficient (Wildman–Crippen LogP) is 16.0. The largest absolute Gasteiger partial charge is 0.455 e. The topological polar surface area (TPSA) is 16.4 Å². The summed E-state index contributed by atoms with van der Waals surface area (Å²) < 4.78 is 6.62. The van der Waals surface area contributed by atoms with Crippen molar-refractivity contribution in [1.29, 1.82) is 0 Å². The molecule has 1 heterocycles. The fourth-order valence-electron chi connectivity index (χ4n) is 8.63. The van der Waals surface area contributed by atoms with E-state index in [1.807, 2.05) is 6.07 Å². The van der Waals surface area contributed by atoms with E-state index in [4.69, 9.17) is 4.42 Å². The number of furan rings is 1. The van der Waals surface area contributed by atoms with E-state index in [0.29, 0.717) is 0 Å². The zero-order chi connectivity index (χ0) is 38.4. The Kier molecular flexibility index (Phi) is 8.19. The summed E-state index contributed by atoms with van der Waals surface area (Å²) in [5, 5.41) is 7.10. The van der Waals surface area contributed by atoms with Crippen LogP contribution in [0.2, 0.25) is 0 Å². The van der Waals surface area contributed by atoms with E-state index in [0.717, 1.165) is 50.1 Å². The minimum atomic E-state index is 0.893. The van der Waals surface area contributed by atoms with Gasteiger partial charge in [0.2, 0.25) is 0 Å². The van der Waals surface area contributed by atoms with Crippen molar-refractivity contribution in [2.24, 2.45) is 0 Å². The predicted molar refractivity (Wildman–Crippen MR) is 245 cm³/mol. The number of benzene rings is 10. The third-order valence-corrected chi connectivity index (χ3v) is 11.5. The molecule has 0 saturated heterocycles. The molecule has 0 N–H and O–H groups in total. The van der Waals surface area contributed by atoms with Crippen molar-refractivity contribution in [2.45, 2.75) is 0 Å². The molecule has 0 atom stereocenters. The molecule has 0 unspecified atom stereocenters. The first-order chi connectivity index (χ1) is 28.8. The molecule has 0 spiro atoms. The van der Waals surface area contributed by atoms with E-state index in [1.165, 1.54) is 54.9 Å². The zero-order valence-corrected chi connectivity index (χ0v) is 31.7. The van der Waals surface area contributed by atoms with Crippen LogP contribution >= 0.6 is 0 Å².